The summed E-state index contributed by atoms with van der Waals surface area (Å²) >= 11 is 0. The topological polar surface area (TPSA) is 79.8 Å². The first-order valence-electron chi connectivity index (χ1n) is 9.05. The highest BCUT2D eigenvalue weighted by Crippen LogP contribution is 2.27. The molecule has 3 rings (SSSR count). The summed E-state index contributed by atoms with van der Waals surface area (Å²) in [7, 11) is 0. The van der Waals surface area contributed by atoms with Gasteiger partial charge >= 0.3 is 0 Å². The van der Waals surface area contributed by atoms with Crippen molar-refractivity contribution in [2.75, 3.05) is 5.32 Å². The van der Waals surface area contributed by atoms with Crippen molar-refractivity contribution in [3.63, 3.8) is 0 Å². The summed E-state index contributed by atoms with van der Waals surface area (Å²) in [6.07, 6.45) is 0.663. The molecule has 0 spiro atoms. The maximum absolute atomic E-state index is 12.5. The van der Waals surface area contributed by atoms with E-state index in [-0.39, 0.29) is 24.0 Å². The summed E-state index contributed by atoms with van der Waals surface area (Å²) in [5, 5.41) is 9.70. The zero-order valence-electron chi connectivity index (χ0n) is 15.4. The minimum Gasteiger partial charge on any atom is -0.387 e. The van der Waals surface area contributed by atoms with Crippen LogP contribution in [0.3, 0.4) is 0 Å². The lowest BCUT2D eigenvalue weighted by atomic mass is 10.0. The van der Waals surface area contributed by atoms with Gasteiger partial charge in [0.1, 0.15) is 5.71 Å². The molecule has 0 aliphatic carbocycles. The molecule has 0 saturated heterocycles. The van der Waals surface area contributed by atoms with E-state index < -0.39 is 0 Å². The second kappa shape index (κ2) is 8.49. The molecular weight excluding hydrogens is 342 g/mol. The zero-order chi connectivity index (χ0) is 19.2. The Morgan fingerprint density at radius 2 is 1.85 bits per heavy atom. The van der Waals surface area contributed by atoms with Gasteiger partial charge in [-0.2, -0.15) is 0 Å². The first kappa shape index (κ1) is 18.6. The van der Waals surface area contributed by atoms with Gasteiger partial charge in [-0.3, -0.25) is 9.59 Å². The van der Waals surface area contributed by atoms with Gasteiger partial charge in [0.25, 0.3) is 5.91 Å². The van der Waals surface area contributed by atoms with Crippen LogP contribution in [0.15, 0.2) is 59.8 Å². The Labute approximate surface area is 158 Å². The molecule has 0 radical (unpaired) electrons. The highest BCUT2D eigenvalue weighted by molar-refractivity contribution is 6.39. The molecule has 140 valence electrons. The summed E-state index contributed by atoms with van der Waals surface area (Å²) in [5.41, 5.74) is 3.07. The van der Waals surface area contributed by atoms with Crippen LogP contribution in [-0.2, 0) is 14.4 Å². The fourth-order valence-corrected chi connectivity index (χ4v) is 2.83. The predicted octanol–water partition coefficient (Wildman–Crippen LogP) is 3.73. The summed E-state index contributed by atoms with van der Waals surface area (Å²) in [4.78, 5) is 29.3. The Kier molecular flexibility index (Phi) is 5.86. The van der Waals surface area contributed by atoms with Gasteiger partial charge in [-0.05, 0) is 30.2 Å². The highest BCUT2D eigenvalue weighted by Gasteiger charge is 2.28. The molecule has 6 heteroatoms. The normalized spacial score (nSPS) is 16.8. The molecule has 2 atom stereocenters. The first-order valence-corrected chi connectivity index (χ1v) is 9.05. The maximum Gasteiger partial charge on any atom is 0.269 e. The smallest absolute Gasteiger partial charge is 0.269 e. The Hall–Kier alpha value is -3.15. The molecule has 0 bridgehead atoms. The van der Waals surface area contributed by atoms with Gasteiger partial charge in [-0.1, -0.05) is 54.5 Å². The van der Waals surface area contributed by atoms with Crippen LogP contribution in [0.5, 0.6) is 0 Å². The van der Waals surface area contributed by atoms with E-state index >= 15 is 0 Å². The van der Waals surface area contributed by atoms with E-state index in [4.69, 9.17) is 4.84 Å². The molecule has 2 aromatic carbocycles. The number of nitrogens with one attached hydrogen (secondary N) is 2. The van der Waals surface area contributed by atoms with Gasteiger partial charge in [0.15, 0.2) is 6.10 Å². The van der Waals surface area contributed by atoms with Crippen molar-refractivity contribution in [1.29, 1.82) is 0 Å². The highest BCUT2D eigenvalue weighted by atomic mass is 16.6. The molecule has 0 fully saturated rings. The van der Waals surface area contributed by atoms with Crippen molar-refractivity contribution in [1.82, 2.24) is 5.32 Å². The summed E-state index contributed by atoms with van der Waals surface area (Å²) < 4.78 is 0. The number of hydrogen-bond acceptors (Lipinski definition) is 4. The number of rotatable bonds is 6. The van der Waals surface area contributed by atoms with Gasteiger partial charge in [-0.25, -0.2) is 0 Å². The number of benzene rings is 2. The van der Waals surface area contributed by atoms with Crippen molar-refractivity contribution in [3.05, 3.63) is 65.7 Å². The molecule has 0 saturated carbocycles. The Bertz CT molecular complexity index is 832. The van der Waals surface area contributed by atoms with Gasteiger partial charge < -0.3 is 15.5 Å². The average Bonchev–Trinajstić information content (AvgIpc) is 3.19. The van der Waals surface area contributed by atoms with Crippen molar-refractivity contribution >= 4 is 23.2 Å². The van der Waals surface area contributed by atoms with Gasteiger partial charge in [0.05, 0.1) is 6.04 Å². The largest absolute Gasteiger partial charge is 0.387 e. The Balaban J connectivity index is 1.55. The molecular formula is C21H23N3O3. The molecule has 1 aliphatic heterocycles. The summed E-state index contributed by atoms with van der Waals surface area (Å²) in [5.74, 6) is -0.263. The quantitative estimate of drug-likeness (QED) is 0.818. The molecule has 2 amide bonds. The minimum atomic E-state index is -0.232. The lowest BCUT2D eigenvalue weighted by Gasteiger charge is -2.15. The second-order valence-electron chi connectivity index (χ2n) is 6.47. The van der Waals surface area contributed by atoms with Crippen LogP contribution in [0.4, 0.5) is 5.69 Å². The summed E-state index contributed by atoms with van der Waals surface area (Å²) in [6, 6.07) is 17.0. The van der Waals surface area contributed by atoms with Crippen LogP contribution in [-0.4, -0.2) is 17.5 Å². The van der Waals surface area contributed by atoms with Gasteiger partial charge in [0.2, 0.25) is 5.91 Å². The predicted molar refractivity (Wildman–Crippen MR) is 104 cm³/mol. The van der Waals surface area contributed by atoms with Crippen LogP contribution in [0.25, 0.3) is 0 Å². The molecule has 27 heavy (non-hydrogen) atoms. The van der Waals surface area contributed by atoms with E-state index in [0.29, 0.717) is 18.6 Å². The van der Waals surface area contributed by atoms with Crippen molar-refractivity contribution in [2.45, 2.75) is 38.8 Å². The third kappa shape index (κ3) is 4.73. The Morgan fingerprint density at radius 1 is 1.15 bits per heavy atom. The molecule has 6 nitrogen and oxygen atoms in total. The van der Waals surface area contributed by atoms with Crippen LogP contribution in [0.1, 0.15) is 50.0 Å². The number of carbonyl (C=O) groups is 2. The standard InChI is InChI=1S/C21H23N3O3/c1-3-20(25)23-17-11-9-15(10-12-17)14(2)22-21(26)18-13-19(27-24-18)16-7-5-4-6-8-16/h4-12,14,19H,3,13H2,1-2H3,(H,22,26)(H,23,25). The monoisotopic (exact) mass is 365 g/mol. The number of carbonyl (C=O) groups excluding carboxylic acids is 2. The number of nitrogens with zero attached hydrogens (tertiary/aromatic N) is 1. The van der Waals surface area contributed by atoms with Crippen LogP contribution < -0.4 is 10.6 Å². The molecule has 1 heterocycles. The van der Waals surface area contributed by atoms with E-state index in [1.54, 1.807) is 6.92 Å². The van der Waals surface area contributed by atoms with Crippen LogP contribution in [0.2, 0.25) is 0 Å². The van der Waals surface area contributed by atoms with E-state index in [1.807, 2.05) is 61.5 Å². The van der Waals surface area contributed by atoms with Crippen molar-refractivity contribution < 1.29 is 14.4 Å². The molecule has 1 aliphatic rings. The van der Waals surface area contributed by atoms with E-state index in [9.17, 15) is 9.59 Å². The lowest BCUT2D eigenvalue weighted by molar-refractivity contribution is -0.116. The second-order valence-corrected chi connectivity index (χ2v) is 6.47. The SMILES string of the molecule is CCC(=O)Nc1ccc(C(C)NC(=O)C2=NOC(c3ccccc3)C2)cc1. The number of oxime groups is 1. The fourth-order valence-electron chi connectivity index (χ4n) is 2.83. The van der Waals surface area contributed by atoms with Crippen molar-refractivity contribution in [3.8, 4) is 0 Å². The molecule has 2 unspecified atom stereocenters. The van der Waals surface area contributed by atoms with E-state index in [1.165, 1.54) is 0 Å². The maximum atomic E-state index is 12.5. The number of hydrogen-bond donors (Lipinski definition) is 2. The molecule has 2 N–H and O–H groups in total. The van der Waals surface area contributed by atoms with Crippen molar-refractivity contribution in [2.24, 2.45) is 5.16 Å². The third-order valence-corrected chi connectivity index (χ3v) is 4.47. The van der Waals surface area contributed by atoms with E-state index in [0.717, 1.165) is 16.8 Å². The fraction of sp³-hybridized carbons (Fsp3) is 0.286. The average molecular weight is 365 g/mol. The lowest BCUT2D eigenvalue weighted by Crippen LogP contribution is -2.32. The summed E-state index contributed by atoms with van der Waals surface area (Å²) in [6.45, 7) is 3.71. The van der Waals surface area contributed by atoms with Gasteiger partial charge in [-0.15, -0.1) is 0 Å². The molecule has 2 aromatic rings. The van der Waals surface area contributed by atoms with Crippen LogP contribution in [0, 0.1) is 0 Å². The number of amides is 2. The minimum absolute atomic E-state index is 0.0312. The number of anilines is 1. The Morgan fingerprint density at radius 3 is 2.52 bits per heavy atom. The van der Waals surface area contributed by atoms with Crippen LogP contribution >= 0.6 is 0 Å². The first-order chi connectivity index (χ1) is 13.1. The third-order valence-electron chi connectivity index (χ3n) is 4.47. The van der Waals surface area contributed by atoms with Gasteiger partial charge in [0, 0.05) is 18.5 Å². The zero-order valence-corrected chi connectivity index (χ0v) is 15.4. The van der Waals surface area contributed by atoms with E-state index in [2.05, 4.69) is 15.8 Å². The molecule has 0 aromatic heterocycles.